The van der Waals surface area contributed by atoms with Crippen molar-refractivity contribution in [3.8, 4) is 23.0 Å². The SMILES string of the molecule is COCC1CCc2cc3c(cc2C1NC(=O)/C(N)=C/N(N)c1ccc(OC)c(O)c1)OCO3. The number of nitrogens with zero attached hydrogens (tertiary/aromatic N) is 1. The molecule has 4 rings (SSSR count). The van der Waals surface area contributed by atoms with Crippen LogP contribution in [0.1, 0.15) is 23.6 Å². The Kier molecular flexibility index (Phi) is 6.47. The summed E-state index contributed by atoms with van der Waals surface area (Å²) in [4.78, 5) is 13.0. The number of fused-ring (bicyclic) bond motifs is 2. The van der Waals surface area contributed by atoms with Gasteiger partial charge in [-0.05, 0) is 48.2 Å². The van der Waals surface area contributed by atoms with E-state index in [-0.39, 0.29) is 30.2 Å². The number of nitrogens with one attached hydrogen (secondary N) is 1. The largest absolute Gasteiger partial charge is 0.504 e. The molecular formula is C23H28N4O6. The summed E-state index contributed by atoms with van der Waals surface area (Å²) >= 11 is 0. The third kappa shape index (κ3) is 4.62. The number of anilines is 1. The number of methoxy groups -OCH3 is 2. The van der Waals surface area contributed by atoms with Crippen molar-refractivity contribution in [1.82, 2.24) is 5.32 Å². The van der Waals surface area contributed by atoms with Gasteiger partial charge in [-0.2, -0.15) is 0 Å². The maximum atomic E-state index is 13.0. The molecule has 6 N–H and O–H groups in total. The lowest BCUT2D eigenvalue weighted by Crippen LogP contribution is -2.40. The second kappa shape index (κ2) is 9.47. The molecule has 2 atom stereocenters. The van der Waals surface area contributed by atoms with Crippen LogP contribution in [0.3, 0.4) is 0 Å². The molecule has 0 spiro atoms. The minimum absolute atomic E-state index is 0.0622. The van der Waals surface area contributed by atoms with Gasteiger partial charge in [0.2, 0.25) is 6.79 Å². The van der Waals surface area contributed by atoms with E-state index >= 15 is 0 Å². The summed E-state index contributed by atoms with van der Waals surface area (Å²) in [7, 11) is 3.09. The number of ether oxygens (including phenoxy) is 4. The second-order valence-corrected chi connectivity index (χ2v) is 7.96. The number of carbonyl (C=O) groups excluding carboxylic acids is 1. The zero-order chi connectivity index (χ0) is 23.5. The highest BCUT2D eigenvalue weighted by molar-refractivity contribution is 5.93. The van der Waals surface area contributed by atoms with Crippen molar-refractivity contribution in [3.05, 3.63) is 53.4 Å². The highest BCUT2D eigenvalue weighted by Crippen LogP contribution is 2.42. The van der Waals surface area contributed by atoms with Crippen LogP contribution in [0.4, 0.5) is 5.69 Å². The fourth-order valence-electron chi connectivity index (χ4n) is 4.20. The molecule has 2 aromatic carbocycles. The van der Waals surface area contributed by atoms with Crippen LogP contribution >= 0.6 is 0 Å². The van der Waals surface area contributed by atoms with Crippen LogP contribution in [0.2, 0.25) is 0 Å². The first kappa shape index (κ1) is 22.6. The van der Waals surface area contributed by atoms with Crippen LogP contribution in [-0.4, -0.2) is 38.6 Å². The molecule has 2 aliphatic rings. The summed E-state index contributed by atoms with van der Waals surface area (Å²) < 4.78 is 21.5. The molecule has 33 heavy (non-hydrogen) atoms. The Hall–Kier alpha value is -3.63. The van der Waals surface area contributed by atoms with E-state index < -0.39 is 5.91 Å². The molecule has 176 valence electrons. The molecule has 1 amide bonds. The molecule has 10 heteroatoms. The van der Waals surface area contributed by atoms with Gasteiger partial charge in [0.1, 0.15) is 5.70 Å². The number of phenols is 1. The number of aryl methyl sites for hydroxylation is 1. The molecule has 0 bridgehead atoms. The monoisotopic (exact) mass is 456 g/mol. The lowest BCUT2D eigenvalue weighted by atomic mass is 9.79. The molecule has 0 saturated heterocycles. The fraction of sp³-hybridized carbons (Fsp3) is 0.348. The normalized spacial score (nSPS) is 19.1. The number of amides is 1. The Balaban J connectivity index is 1.55. The van der Waals surface area contributed by atoms with Gasteiger partial charge in [-0.25, -0.2) is 5.84 Å². The molecule has 1 heterocycles. The third-order valence-corrected chi connectivity index (χ3v) is 5.89. The predicted molar refractivity (Wildman–Crippen MR) is 121 cm³/mol. The molecule has 1 aliphatic carbocycles. The number of hydrogen-bond donors (Lipinski definition) is 4. The number of hydrogen-bond acceptors (Lipinski definition) is 9. The summed E-state index contributed by atoms with van der Waals surface area (Å²) in [5, 5.41) is 14.2. The maximum Gasteiger partial charge on any atom is 0.269 e. The molecule has 2 unspecified atom stereocenters. The van der Waals surface area contributed by atoms with Crippen molar-refractivity contribution < 1.29 is 28.8 Å². The van der Waals surface area contributed by atoms with E-state index in [1.54, 1.807) is 19.2 Å². The average Bonchev–Trinajstić information content (AvgIpc) is 3.26. The van der Waals surface area contributed by atoms with E-state index in [1.807, 2.05) is 12.1 Å². The summed E-state index contributed by atoms with van der Waals surface area (Å²) in [5.41, 5.74) is 8.45. The third-order valence-electron chi connectivity index (χ3n) is 5.89. The van der Waals surface area contributed by atoms with E-state index in [4.69, 9.17) is 30.5 Å². The van der Waals surface area contributed by atoms with Gasteiger partial charge in [0.15, 0.2) is 23.0 Å². The Morgan fingerprint density at radius 2 is 2.03 bits per heavy atom. The smallest absolute Gasteiger partial charge is 0.269 e. The summed E-state index contributed by atoms with van der Waals surface area (Å²) in [5.74, 6) is 7.22. The lowest BCUT2D eigenvalue weighted by Gasteiger charge is -2.34. The summed E-state index contributed by atoms with van der Waals surface area (Å²) in [6.07, 6.45) is 2.98. The van der Waals surface area contributed by atoms with E-state index in [9.17, 15) is 9.90 Å². The molecule has 0 radical (unpaired) electrons. The second-order valence-electron chi connectivity index (χ2n) is 7.96. The van der Waals surface area contributed by atoms with Gasteiger partial charge >= 0.3 is 0 Å². The van der Waals surface area contributed by atoms with Crippen LogP contribution in [-0.2, 0) is 16.0 Å². The summed E-state index contributed by atoms with van der Waals surface area (Å²) in [6.45, 7) is 0.663. The number of nitrogens with two attached hydrogens (primary N) is 2. The molecule has 0 aromatic heterocycles. The molecule has 2 aromatic rings. The van der Waals surface area contributed by atoms with Crippen molar-refractivity contribution >= 4 is 11.6 Å². The fourth-order valence-corrected chi connectivity index (χ4v) is 4.20. The van der Waals surface area contributed by atoms with Gasteiger partial charge in [0.05, 0.1) is 25.4 Å². The van der Waals surface area contributed by atoms with E-state index in [0.29, 0.717) is 29.5 Å². The molecule has 1 aliphatic heterocycles. The first-order valence-electron chi connectivity index (χ1n) is 10.5. The van der Waals surface area contributed by atoms with Crippen LogP contribution in [0.25, 0.3) is 0 Å². The Labute approximate surface area is 191 Å². The number of benzene rings is 2. The average molecular weight is 456 g/mol. The first-order valence-corrected chi connectivity index (χ1v) is 10.5. The zero-order valence-corrected chi connectivity index (χ0v) is 18.5. The van der Waals surface area contributed by atoms with Crippen LogP contribution in [0.15, 0.2) is 42.2 Å². The van der Waals surface area contributed by atoms with Crippen molar-refractivity contribution in [1.29, 1.82) is 0 Å². The van der Waals surface area contributed by atoms with Gasteiger partial charge < -0.3 is 35.1 Å². The number of carbonyl (C=O) groups is 1. The van der Waals surface area contributed by atoms with Gasteiger partial charge in [0, 0.05) is 25.3 Å². The predicted octanol–water partition coefficient (Wildman–Crippen LogP) is 1.68. The van der Waals surface area contributed by atoms with E-state index in [0.717, 1.165) is 29.0 Å². The molecule has 0 fully saturated rings. The van der Waals surface area contributed by atoms with Crippen molar-refractivity contribution in [2.24, 2.45) is 17.5 Å². The topological polar surface area (TPSA) is 142 Å². The van der Waals surface area contributed by atoms with Gasteiger partial charge in [0.25, 0.3) is 5.91 Å². The number of rotatable bonds is 7. The number of aromatic hydroxyl groups is 1. The van der Waals surface area contributed by atoms with Crippen LogP contribution in [0.5, 0.6) is 23.0 Å². The highest BCUT2D eigenvalue weighted by Gasteiger charge is 2.33. The first-order chi connectivity index (χ1) is 15.9. The zero-order valence-electron chi connectivity index (χ0n) is 18.5. The minimum Gasteiger partial charge on any atom is -0.504 e. The number of phenolic OH excluding ortho intramolecular Hbond substituents is 1. The van der Waals surface area contributed by atoms with E-state index in [1.165, 1.54) is 19.4 Å². The van der Waals surface area contributed by atoms with Crippen molar-refractivity contribution in [2.75, 3.05) is 32.6 Å². The van der Waals surface area contributed by atoms with Gasteiger partial charge in [-0.3, -0.25) is 9.80 Å². The quantitative estimate of drug-likeness (QED) is 0.278. The summed E-state index contributed by atoms with van der Waals surface area (Å²) in [6, 6.07) is 8.17. The number of hydrazine groups is 1. The van der Waals surface area contributed by atoms with Crippen LogP contribution in [0, 0.1) is 5.92 Å². The highest BCUT2D eigenvalue weighted by atomic mass is 16.7. The Bertz CT molecular complexity index is 1070. The Morgan fingerprint density at radius 1 is 1.27 bits per heavy atom. The Morgan fingerprint density at radius 3 is 2.73 bits per heavy atom. The lowest BCUT2D eigenvalue weighted by molar-refractivity contribution is -0.119. The van der Waals surface area contributed by atoms with Crippen molar-refractivity contribution in [3.63, 3.8) is 0 Å². The van der Waals surface area contributed by atoms with E-state index in [2.05, 4.69) is 5.32 Å². The molecule has 0 saturated carbocycles. The van der Waals surface area contributed by atoms with Gasteiger partial charge in [-0.15, -0.1) is 0 Å². The standard InChI is InChI=1S/C23H28N4O6/c1-30-11-14-4-3-13-7-20-21(33-12-32-20)9-16(13)22(14)26-23(29)17(24)10-27(25)15-5-6-19(31-2)18(28)8-15/h5-10,14,22,28H,3-4,11-12,24-25H2,1-2H3,(H,26,29)/b17-10-. The van der Waals surface area contributed by atoms with Gasteiger partial charge in [-0.1, -0.05) is 0 Å². The van der Waals surface area contributed by atoms with Crippen molar-refractivity contribution in [2.45, 2.75) is 18.9 Å². The van der Waals surface area contributed by atoms with Crippen LogP contribution < -0.4 is 36.1 Å². The molecule has 10 nitrogen and oxygen atoms in total. The minimum atomic E-state index is -0.472. The maximum absolute atomic E-state index is 13.0. The molecular weight excluding hydrogens is 428 g/mol.